The van der Waals surface area contributed by atoms with Gasteiger partial charge in [0.05, 0.1) is 11.9 Å². The molecule has 1 N–H and O–H groups in total. The minimum atomic E-state index is -1.38. The van der Waals surface area contributed by atoms with Crippen molar-refractivity contribution in [3.63, 3.8) is 0 Å². The molecule has 1 heterocycles. The van der Waals surface area contributed by atoms with E-state index in [4.69, 9.17) is 16.7 Å². The average molecular weight is 210 g/mol. The molecule has 1 atom stereocenters. The molecule has 0 amide bonds. The normalized spacial score (nSPS) is 24.4. The van der Waals surface area contributed by atoms with Crippen LogP contribution in [0.1, 0.15) is 0 Å². The molecule has 1 aliphatic heterocycles. The van der Waals surface area contributed by atoms with Crippen molar-refractivity contribution in [3.05, 3.63) is 34.8 Å². The number of rotatable bonds is 1. The van der Waals surface area contributed by atoms with Crippen LogP contribution in [0, 0.1) is 0 Å². The molecular weight excluding hydrogens is 202 g/mol. The Bertz CT molecular complexity index is 497. The number of carboxylic acids is 1. The van der Waals surface area contributed by atoms with Gasteiger partial charge in [-0.05, 0) is 17.4 Å². The van der Waals surface area contributed by atoms with Crippen LogP contribution in [0.3, 0.4) is 0 Å². The van der Waals surface area contributed by atoms with Gasteiger partial charge in [-0.1, -0.05) is 29.8 Å². The van der Waals surface area contributed by atoms with Crippen molar-refractivity contribution in [3.8, 4) is 0 Å². The Morgan fingerprint density at radius 2 is 2.21 bits per heavy atom. The zero-order valence-corrected chi connectivity index (χ0v) is 8.03. The molecule has 0 saturated heterocycles. The summed E-state index contributed by atoms with van der Waals surface area (Å²) in [6.07, 6.45) is 1.54. The fourth-order valence-corrected chi connectivity index (χ4v) is 1.55. The second-order valence-electron chi connectivity index (χ2n) is 3.19. The van der Waals surface area contributed by atoms with Crippen molar-refractivity contribution in [2.75, 3.05) is 6.54 Å². The number of nitrogens with zero attached hydrogens (tertiary/aromatic N) is 1. The molecule has 72 valence electrons. The summed E-state index contributed by atoms with van der Waals surface area (Å²) in [5, 5.41) is 10.5. The molecule has 2 rings (SSSR count). The molecular formula is C10H8ClNO2. The lowest BCUT2D eigenvalue weighted by molar-refractivity contribution is -0.138. The van der Waals surface area contributed by atoms with Crippen molar-refractivity contribution < 1.29 is 9.90 Å². The van der Waals surface area contributed by atoms with E-state index in [9.17, 15) is 4.79 Å². The van der Waals surface area contributed by atoms with Crippen LogP contribution in [0.4, 0.5) is 0 Å². The number of carboxylic acid groups (broad SMARTS) is 1. The molecule has 3 nitrogen and oxygen atoms in total. The van der Waals surface area contributed by atoms with Gasteiger partial charge in [-0.2, -0.15) is 0 Å². The maximum absolute atomic E-state index is 10.9. The Balaban J connectivity index is 2.64. The summed E-state index contributed by atoms with van der Waals surface area (Å²) < 4.78 is 0. The van der Waals surface area contributed by atoms with Gasteiger partial charge >= 0.3 is 5.97 Å². The van der Waals surface area contributed by atoms with Gasteiger partial charge in [0.25, 0.3) is 0 Å². The second-order valence-corrected chi connectivity index (χ2v) is 3.86. The highest BCUT2D eigenvalue weighted by Crippen LogP contribution is 2.18. The summed E-state index contributed by atoms with van der Waals surface area (Å²) in [7, 11) is 0. The van der Waals surface area contributed by atoms with Gasteiger partial charge < -0.3 is 5.11 Å². The molecule has 4 heteroatoms. The maximum Gasteiger partial charge on any atom is 0.330 e. The number of hydrogen-bond donors (Lipinski definition) is 1. The lowest BCUT2D eigenvalue weighted by Gasteiger charge is -2.17. The molecule has 1 aliphatic rings. The molecule has 1 aromatic rings. The van der Waals surface area contributed by atoms with Gasteiger partial charge in [-0.3, -0.25) is 4.99 Å². The van der Waals surface area contributed by atoms with E-state index in [-0.39, 0.29) is 6.54 Å². The first-order valence-electron chi connectivity index (χ1n) is 4.16. The van der Waals surface area contributed by atoms with Crippen molar-refractivity contribution >= 4 is 23.6 Å². The van der Waals surface area contributed by atoms with Crippen LogP contribution in [0.25, 0.3) is 6.08 Å². The summed E-state index contributed by atoms with van der Waals surface area (Å²) in [4.78, 5) is 13.6. The van der Waals surface area contributed by atoms with E-state index in [2.05, 4.69) is 4.99 Å². The van der Waals surface area contributed by atoms with Crippen LogP contribution < -0.4 is 10.6 Å². The van der Waals surface area contributed by atoms with Gasteiger partial charge in [0.15, 0.2) is 4.87 Å². The topological polar surface area (TPSA) is 49.7 Å². The van der Waals surface area contributed by atoms with E-state index in [1.54, 1.807) is 12.1 Å². The van der Waals surface area contributed by atoms with E-state index in [0.717, 1.165) is 10.6 Å². The first-order valence-corrected chi connectivity index (χ1v) is 4.54. The minimum absolute atomic E-state index is 0.0842. The summed E-state index contributed by atoms with van der Waals surface area (Å²) in [5.74, 6) is -1.06. The highest BCUT2D eigenvalue weighted by atomic mass is 35.5. The molecule has 0 bridgehead atoms. The Morgan fingerprint density at radius 3 is 2.93 bits per heavy atom. The van der Waals surface area contributed by atoms with Crippen LogP contribution in [0.2, 0.25) is 0 Å². The Hall–Kier alpha value is -1.35. The van der Waals surface area contributed by atoms with Crippen molar-refractivity contribution in [2.45, 2.75) is 4.87 Å². The number of carbonyl (C=O) groups is 1. The number of hydrogen-bond acceptors (Lipinski definition) is 2. The van der Waals surface area contributed by atoms with Crippen LogP contribution in [-0.2, 0) is 4.79 Å². The maximum atomic E-state index is 10.9. The first kappa shape index (κ1) is 9.21. The molecule has 0 aliphatic carbocycles. The van der Waals surface area contributed by atoms with Crippen molar-refractivity contribution in [2.24, 2.45) is 4.99 Å². The zero-order valence-electron chi connectivity index (χ0n) is 7.27. The highest BCUT2D eigenvalue weighted by molar-refractivity contribution is 6.38. The third-order valence-electron chi connectivity index (χ3n) is 2.16. The van der Waals surface area contributed by atoms with E-state index in [0.29, 0.717) is 0 Å². The zero-order chi connectivity index (χ0) is 10.2. The molecule has 0 radical (unpaired) electrons. The van der Waals surface area contributed by atoms with Gasteiger partial charge in [-0.15, -0.1) is 0 Å². The Labute approximate surface area is 85.4 Å². The number of alkyl halides is 1. The van der Waals surface area contributed by atoms with Gasteiger partial charge in [0.2, 0.25) is 0 Å². The Morgan fingerprint density at radius 1 is 1.50 bits per heavy atom. The minimum Gasteiger partial charge on any atom is -0.480 e. The predicted octanol–water partition coefficient (Wildman–Crippen LogP) is 0.163. The third kappa shape index (κ3) is 1.40. The van der Waals surface area contributed by atoms with E-state index < -0.39 is 10.8 Å². The number of fused-ring (bicyclic) bond motifs is 1. The van der Waals surface area contributed by atoms with Crippen molar-refractivity contribution in [1.82, 2.24) is 0 Å². The smallest absolute Gasteiger partial charge is 0.330 e. The highest BCUT2D eigenvalue weighted by Gasteiger charge is 2.34. The summed E-state index contributed by atoms with van der Waals surface area (Å²) >= 11 is 5.89. The number of benzene rings is 1. The van der Waals surface area contributed by atoms with E-state index in [1.807, 2.05) is 18.2 Å². The molecule has 0 spiro atoms. The van der Waals surface area contributed by atoms with Crippen LogP contribution in [0.15, 0.2) is 29.3 Å². The molecule has 0 saturated carbocycles. The average Bonchev–Trinajstić information content (AvgIpc) is 2.17. The van der Waals surface area contributed by atoms with Crippen molar-refractivity contribution in [1.29, 1.82) is 0 Å². The second kappa shape index (κ2) is 3.10. The van der Waals surface area contributed by atoms with Gasteiger partial charge in [-0.25, -0.2) is 4.79 Å². The van der Waals surface area contributed by atoms with E-state index in [1.165, 1.54) is 0 Å². The SMILES string of the molecule is O=C(O)C1(Cl)C=c2ccccc2=NC1. The standard InChI is InChI=1S/C10H8ClNO2/c11-10(9(13)14)5-7-3-1-2-4-8(7)12-6-10/h1-5H,6H2,(H,13,14). The largest absolute Gasteiger partial charge is 0.480 e. The van der Waals surface area contributed by atoms with Gasteiger partial charge in [0.1, 0.15) is 0 Å². The first-order chi connectivity index (χ1) is 6.62. The molecule has 1 unspecified atom stereocenters. The lowest BCUT2D eigenvalue weighted by atomic mass is 10.0. The third-order valence-corrected chi connectivity index (χ3v) is 2.55. The monoisotopic (exact) mass is 209 g/mol. The summed E-state index contributed by atoms with van der Waals surface area (Å²) in [6.45, 7) is 0.0842. The van der Waals surface area contributed by atoms with Gasteiger partial charge in [0, 0.05) is 0 Å². The molecule has 0 fully saturated rings. The fraction of sp³-hybridized carbons (Fsp3) is 0.200. The van der Waals surface area contributed by atoms with E-state index >= 15 is 0 Å². The molecule has 1 aromatic carbocycles. The number of halogens is 1. The predicted molar refractivity (Wildman–Crippen MR) is 52.8 cm³/mol. The fourth-order valence-electron chi connectivity index (χ4n) is 1.38. The van der Waals surface area contributed by atoms with Crippen LogP contribution in [-0.4, -0.2) is 22.5 Å². The lowest BCUT2D eigenvalue weighted by Crippen LogP contribution is -2.43. The quantitative estimate of drug-likeness (QED) is 0.670. The number of para-hydroxylation sites is 1. The molecule has 0 aromatic heterocycles. The summed E-state index contributed by atoms with van der Waals surface area (Å²) in [6, 6.07) is 7.33. The Kier molecular flexibility index (Phi) is 2.04. The van der Waals surface area contributed by atoms with Crippen LogP contribution in [0.5, 0.6) is 0 Å². The summed E-state index contributed by atoms with van der Waals surface area (Å²) in [5.41, 5.74) is 0. The molecule has 14 heavy (non-hydrogen) atoms. The van der Waals surface area contributed by atoms with Crippen LogP contribution >= 0.6 is 11.6 Å². The number of aliphatic carboxylic acids is 1.